The van der Waals surface area contributed by atoms with Crippen LogP contribution in [0.1, 0.15) is 56.3 Å². The first-order chi connectivity index (χ1) is 9.08. The minimum atomic E-state index is 0.0277. The van der Waals surface area contributed by atoms with Gasteiger partial charge in [-0.1, -0.05) is 33.1 Å². The molecular formula is C15H21BrINO. The zero-order chi connectivity index (χ0) is 14.3. The molecule has 0 saturated carbocycles. The molecule has 0 bridgehead atoms. The summed E-state index contributed by atoms with van der Waals surface area (Å²) in [5.74, 6) is 0.0277. The van der Waals surface area contributed by atoms with Gasteiger partial charge in [0.05, 0.1) is 5.56 Å². The second-order valence-corrected chi connectivity index (χ2v) is 6.83. The number of hydrogen-bond donors (Lipinski definition) is 1. The number of benzene rings is 1. The van der Waals surface area contributed by atoms with Crippen LogP contribution in [0.5, 0.6) is 0 Å². The number of carbonyl (C=O) groups excluding carboxylic acids is 1. The molecule has 0 spiro atoms. The lowest BCUT2D eigenvalue weighted by Crippen LogP contribution is -2.35. The molecule has 0 aromatic heterocycles. The Hall–Kier alpha value is -0.100. The summed E-state index contributed by atoms with van der Waals surface area (Å²) < 4.78 is 1.93. The van der Waals surface area contributed by atoms with E-state index in [0.29, 0.717) is 6.04 Å². The van der Waals surface area contributed by atoms with Gasteiger partial charge in [-0.25, -0.2) is 0 Å². The van der Waals surface area contributed by atoms with Crippen molar-refractivity contribution in [1.29, 1.82) is 0 Å². The van der Waals surface area contributed by atoms with Crippen molar-refractivity contribution < 1.29 is 4.79 Å². The predicted molar refractivity (Wildman–Crippen MR) is 92.5 cm³/mol. The third-order valence-electron chi connectivity index (χ3n) is 3.05. The molecule has 1 rings (SSSR count). The summed E-state index contributed by atoms with van der Waals surface area (Å²) in [5.41, 5.74) is 0.726. The van der Waals surface area contributed by atoms with Crippen molar-refractivity contribution in [2.45, 2.75) is 52.0 Å². The standard InChI is InChI=1S/C15H21BrINO/c1-3-5-7-12(6-4-2)18-15(19)13-10-11(17)8-9-14(13)16/h8-10,12H,3-7H2,1-2H3,(H,18,19). The van der Waals surface area contributed by atoms with Gasteiger partial charge < -0.3 is 5.32 Å². The summed E-state index contributed by atoms with van der Waals surface area (Å²) in [5, 5.41) is 3.16. The zero-order valence-corrected chi connectivity index (χ0v) is 15.3. The van der Waals surface area contributed by atoms with Gasteiger partial charge in [0.2, 0.25) is 0 Å². The van der Waals surface area contributed by atoms with Crippen molar-refractivity contribution in [3.8, 4) is 0 Å². The Balaban J connectivity index is 2.72. The average molecular weight is 438 g/mol. The molecule has 1 amide bonds. The highest BCUT2D eigenvalue weighted by atomic mass is 127. The molecule has 0 aliphatic rings. The van der Waals surface area contributed by atoms with Gasteiger partial charge in [-0.2, -0.15) is 0 Å². The highest BCUT2D eigenvalue weighted by Gasteiger charge is 2.15. The number of rotatable bonds is 7. The molecule has 1 N–H and O–H groups in total. The fourth-order valence-electron chi connectivity index (χ4n) is 2.02. The van der Waals surface area contributed by atoms with Crippen LogP contribution in [0.15, 0.2) is 22.7 Å². The molecule has 1 aromatic rings. The van der Waals surface area contributed by atoms with Gasteiger partial charge in [-0.05, 0) is 69.6 Å². The Morgan fingerprint density at radius 1 is 1.32 bits per heavy atom. The van der Waals surface area contributed by atoms with E-state index < -0.39 is 0 Å². The van der Waals surface area contributed by atoms with E-state index in [-0.39, 0.29) is 5.91 Å². The number of halogens is 2. The first kappa shape index (κ1) is 17.0. The lowest BCUT2D eigenvalue weighted by Gasteiger charge is -2.18. The van der Waals surface area contributed by atoms with Gasteiger partial charge in [0.25, 0.3) is 5.91 Å². The topological polar surface area (TPSA) is 29.1 Å². The maximum atomic E-state index is 12.3. The number of carbonyl (C=O) groups is 1. The van der Waals surface area contributed by atoms with Gasteiger partial charge in [0.15, 0.2) is 0 Å². The minimum Gasteiger partial charge on any atom is -0.349 e. The Labute approximate surface area is 138 Å². The quantitative estimate of drug-likeness (QED) is 0.587. The molecule has 0 radical (unpaired) electrons. The molecule has 1 unspecified atom stereocenters. The van der Waals surface area contributed by atoms with Crippen LogP contribution < -0.4 is 5.32 Å². The summed E-state index contributed by atoms with van der Waals surface area (Å²) >= 11 is 5.68. The lowest BCUT2D eigenvalue weighted by molar-refractivity contribution is 0.0931. The van der Waals surface area contributed by atoms with Crippen molar-refractivity contribution in [3.05, 3.63) is 31.8 Å². The summed E-state index contributed by atoms with van der Waals surface area (Å²) in [6.45, 7) is 4.34. The van der Waals surface area contributed by atoms with Crippen molar-refractivity contribution >= 4 is 44.4 Å². The van der Waals surface area contributed by atoms with Crippen molar-refractivity contribution in [1.82, 2.24) is 5.32 Å². The molecule has 2 nitrogen and oxygen atoms in total. The highest BCUT2D eigenvalue weighted by Crippen LogP contribution is 2.20. The zero-order valence-electron chi connectivity index (χ0n) is 11.5. The second-order valence-electron chi connectivity index (χ2n) is 4.73. The SMILES string of the molecule is CCCCC(CCC)NC(=O)c1cc(I)ccc1Br. The van der Waals surface area contributed by atoms with E-state index in [1.807, 2.05) is 18.2 Å². The van der Waals surface area contributed by atoms with Gasteiger partial charge in [-0.15, -0.1) is 0 Å². The summed E-state index contributed by atoms with van der Waals surface area (Å²) in [6, 6.07) is 6.13. The maximum Gasteiger partial charge on any atom is 0.252 e. The molecule has 0 aliphatic heterocycles. The molecular weight excluding hydrogens is 417 g/mol. The van der Waals surface area contributed by atoms with Gasteiger partial charge in [-0.3, -0.25) is 4.79 Å². The fourth-order valence-corrected chi connectivity index (χ4v) is 2.94. The van der Waals surface area contributed by atoms with Crippen LogP contribution in [-0.4, -0.2) is 11.9 Å². The molecule has 0 aliphatic carbocycles. The Kier molecular flexibility index (Phi) is 7.99. The normalized spacial score (nSPS) is 12.2. The number of unbranched alkanes of at least 4 members (excludes halogenated alkanes) is 1. The average Bonchev–Trinajstić information content (AvgIpc) is 2.39. The maximum absolute atomic E-state index is 12.3. The number of amides is 1. The van der Waals surface area contributed by atoms with E-state index in [0.717, 1.165) is 32.9 Å². The van der Waals surface area contributed by atoms with Crippen LogP contribution in [0.25, 0.3) is 0 Å². The molecule has 106 valence electrons. The van der Waals surface area contributed by atoms with Gasteiger partial charge in [0, 0.05) is 14.1 Å². The van der Waals surface area contributed by atoms with E-state index in [9.17, 15) is 4.79 Å². The van der Waals surface area contributed by atoms with Gasteiger partial charge >= 0.3 is 0 Å². The predicted octanol–water partition coefficient (Wildman–Crippen LogP) is 5.14. The molecule has 0 fully saturated rings. The summed E-state index contributed by atoms with van der Waals surface area (Å²) in [4.78, 5) is 12.3. The Bertz CT molecular complexity index is 423. The highest BCUT2D eigenvalue weighted by molar-refractivity contribution is 14.1. The van der Waals surface area contributed by atoms with Crippen LogP contribution in [-0.2, 0) is 0 Å². The van der Waals surface area contributed by atoms with E-state index in [1.54, 1.807) is 0 Å². The van der Waals surface area contributed by atoms with Crippen molar-refractivity contribution in [2.24, 2.45) is 0 Å². The molecule has 1 aromatic carbocycles. The number of nitrogens with one attached hydrogen (secondary N) is 1. The van der Waals surface area contributed by atoms with Crippen molar-refractivity contribution in [2.75, 3.05) is 0 Å². The summed E-state index contributed by atoms with van der Waals surface area (Å²) in [7, 11) is 0. The van der Waals surface area contributed by atoms with E-state index >= 15 is 0 Å². The van der Waals surface area contributed by atoms with Crippen LogP contribution in [0.4, 0.5) is 0 Å². The van der Waals surface area contributed by atoms with Gasteiger partial charge in [0.1, 0.15) is 0 Å². The fraction of sp³-hybridized carbons (Fsp3) is 0.533. The molecule has 1 atom stereocenters. The summed E-state index contributed by atoms with van der Waals surface area (Å²) in [6.07, 6.45) is 5.55. The Morgan fingerprint density at radius 3 is 2.68 bits per heavy atom. The van der Waals surface area contributed by atoms with Crippen LogP contribution in [0.3, 0.4) is 0 Å². The third kappa shape index (κ3) is 5.81. The van der Waals surface area contributed by atoms with E-state index in [1.165, 1.54) is 12.8 Å². The smallest absolute Gasteiger partial charge is 0.252 e. The first-order valence-electron chi connectivity index (χ1n) is 6.84. The molecule has 19 heavy (non-hydrogen) atoms. The van der Waals surface area contributed by atoms with Crippen molar-refractivity contribution in [3.63, 3.8) is 0 Å². The largest absolute Gasteiger partial charge is 0.349 e. The first-order valence-corrected chi connectivity index (χ1v) is 8.71. The Morgan fingerprint density at radius 2 is 2.05 bits per heavy atom. The third-order valence-corrected chi connectivity index (χ3v) is 4.41. The van der Waals surface area contributed by atoms with Crippen LogP contribution >= 0.6 is 38.5 Å². The van der Waals surface area contributed by atoms with Crippen LogP contribution in [0, 0.1) is 3.57 Å². The van der Waals surface area contributed by atoms with E-state index in [2.05, 4.69) is 57.7 Å². The number of hydrogen-bond acceptors (Lipinski definition) is 1. The molecule has 0 heterocycles. The molecule has 4 heteroatoms. The minimum absolute atomic E-state index is 0.0277. The van der Waals surface area contributed by atoms with Crippen LogP contribution in [0.2, 0.25) is 0 Å². The lowest BCUT2D eigenvalue weighted by atomic mass is 10.0. The van der Waals surface area contributed by atoms with E-state index in [4.69, 9.17) is 0 Å². The monoisotopic (exact) mass is 437 g/mol. The molecule has 0 saturated heterocycles. The second kappa shape index (κ2) is 8.95.